The molecule has 4 aliphatic heterocycles. The van der Waals surface area contributed by atoms with E-state index in [2.05, 4.69) is 37.8 Å². The number of amides is 5. The number of aliphatic imine (C=N–C) groups is 2. The summed E-state index contributed by atoms with van der Waals surface area (Å²) in [7, 11) is 2.94. The highest BCUT2D eigenvalue weighted by molar-refractivity contribution is 6.07. The highest BCUT2D eigenvalue weighted by Gasteiger charge is 2.37. The van der Waals surface area contributed by atoms with Crippen LogP contribution in [0.4, 0.5) is 35.0 Å². The molecule has 0 saturated carbocycles. The largest absolute Gasteiger partial charge is 0.573 e. The van der Waals surface area contributed by atoms with Gasteiger partial charge in [0.15, 0.2) is 23.0 Å². The van der Waals surface area contributed by atoms with Crippen molar-refractivity contribution in [1.82, 2.24) is 20.4 Å². The number of ether oxygens (including phenoxy) is 6. The Kier molecular flexibility index (Phi) is 16.4. The van der Waals surface area contributed by atoms with Gasteiger partial charge in [-0.15, -0.1) is 13.2 Å². The lowest BCUT2D eigenvalue weighted by Crippen LogP contribution is -2.53. The third kappa shape index (κ3) is 12.2. The number of hydrogen-bond acceptors (Lipinski definition) is 13. The molecule has 0 fully saturated rings. The molecule has 6 aromatic carbocycles. The predicted molar refractivity (Wildman–Crippen MR) is 316 cm³/mol. The van der Waals surface area contributed by atoms with Gasteiger partial charge in [0, 0.05) is 67.8 Å². The highest BCUT2D eigenvalue weighted by Crippen LogP contribution is 2.46. The maximum atomic E-state index is 14.2. The molecule has 1 aliphatic carbocycles. The molecule has 0 saturated heterocycles. The zero-order valence-corrected chi connectivity index (χ0v) is 47.5. The molecule has 0 bridgehead atoms. The monoisotopic (exact) mass is 1170 g/mol. The van der Waals surface area contributed by atoms with Crippen LogP contribution in [-0.2, 0) is 14.3 Å². The first-order valence-corrected chi connectivity index (χ1v) is 28.0. The Balaban J connectivity index is 0.651. The molecule has 0 aromatic heterocycles. The normalized spacial score (nSPS) is 17.1. The Hall–Kier alpha value is -9.92. The smallest absolute Gasteiger partial charge is 0.493 e. The minimum Gasteiger partial charge on any atom is -0.493 e. The Morgan fingerprint density at radius 3 is 1.62 bits per heavy atom. The molecule has 5 aliphatic rings. The van der Waals surface area contributed by atoms with Crippen molar-refractivity contribution < 1.29 is 65.6 Å². The highest BCUT2D eigenvalue weighted by atomic mass is 19.4. The Morgan fingerprint density at radius 2 is 1.13 bits per heavy atom. The topological polar surface area (TPSA) is 208 Å². The molecular formula is C65H60F3N7O11. The van der Waals surface area contributed by atoms with Gasteiger partial charge in [-0.1, -0.05) is 86.6 Å². The van der Waals surface area contributed by atoms with E-state index in [-0.39, 0.29) is 60.8 Å². The Labute approximate surface area is 493 Å². The first-order chi connectivity index (χ1) is 41.4. The number of nitrogens with zero attached hydrogens (tertiary/aromatic N) is 4. The molecular weight excluding hydrogens is 1110 g/mol. The van der Waals surface area contributed by atoms with Crippen molar-refractivity contribution in [2.45, 2.75) is 76.5 Å². The first-order valence-electron chi connectivity index (χ1n) is 28.0. The zero-order chi connectivity index (χ0) is 60.4. The van der Waals surface area contributed by atoms with Crippen molar-refractivity contribution in [2.75, 3.05) is 39.4 Å². The van der Waals surface area contributed by atoms with Crippen molar-refractivity contribution in [1.29, 1.82) is 0 Å². The molecule has 6 aromatic rings. The summed E-state index contributed by atoms with van der Waals surface area (Å²) in [6.45, 7) is 5.63. The molecule has 86 heavy (non-hydrogen) atoms. The van der Waals surface area contributed by atoms with Gasteiger partial charge in [0.05, 0.1) is 62.0 Å². The number of fused-ring (bicyclic) bond motifs is 7. The van der Waals surface area contributed by atoms with Crippen LogP contribution in [0, 0.1) is 5.92 Å². The van der Waals surface area contributed by atoms with E-state index in [1.165, 1.54) is 38.5 Å². The number of rotatable bonds is 19. The Morgan fingerprint density at radius 1 is 0.628 bits per heavy atom. The fourth-order valence-corrected chi connectivity index (χ4v) is 11.1. The van der Waals surface area contributed by atoms with Crippen LogP contribution in [0.3, 0.4) is 0 Å². The quantitative estimate of drug-likeness (QED) is 0.0650. The van der Waals surface area contributed by atoms with Gasteiger partial charge in [-0.3, -0.25) is 29.2 Å². The average Bonchev–Trinajstić information content (AvgIpc) is 2.31. The maximum absolute atomic E-state index is 14.2. The number of nitrogens with one attached hydrogen (secondary N) is 3. The molecule has 21 heteroatoms. The summed E-state index contributed by atoms with van der Waals surface area (Å²) in [6, 6.07) is 32.4. The molecule has 4 heterocycles. The van der Waals surface area contributed by atoms with Gasteiger partial charge in [0.2, 0.25) is 11.8 Å². The fourth-order valence-electron chi connectivity index (χ4n) is 11.1. The summed E-state index contributed by atoms with van der Waals surface area (Å²) in [5.74, 6) is -1.03. The zero-order valence-electron chi connectivity index (χ0n) is 47.5. The van der Waals surface area contributed by atoms with Crippen LogP contribution in [0.15, 0.2) is 144 Å². The minimum absolute atomic E-state index is 0.0891. The van der Waals surface area contributed by atoms with E-state index in [0.29, 0.717) is 70.4 Å². The lowest BCUT2D eigenvalue weighted by Gasteiger charge is -2.24. The molecule has 0 unspecified atom stereocenters. The molecule has 11 rings (SSSR count). The number of anilines is 1. The minimum atomic E-state index is -4.81. The second-order valence-corrected chi connectivity index (χ2v) is 21.5. The second-order valence-electron chi connectivity index (χ2n) is 21.5. The summed E-state index contributed by atoms with van der Waals surface area (Å²) in [5, 5.41) is 8.28. The van der Waals surface area contributed by atoms with Gasteiger partial charge >= 0.3 is 12.5 Å². The first kappa shape index (κ1) is 57.9. The van der Waals surface area contributed by atoms with E-state index in [4.69, 9.17) is 28.7 Å². The van der Waals surface area contributed by atoms with Crippen molar-refractivity contribution in [3.63, 3.8) is 0 Å². The van der Waals surface area contributed by atoms with E-state index in [9.17, 15) is 37.1 Å². The van der Waals surface area contributed by atoms with E-state index in [0.717, 1.165) is 39.0 Å². The number of carbonyl (C=O) groups is 5. The molecule has 5 amide bonds. The molecule has 0 radical (unpaired) electrons. The standard InChI is InChI=1S/C65H60F3N7O11/c1-36(2)59(73-64(80)85-35-52-48-13-8-6-11-46(48)47-12-7-9-14-49(47)52)61(77)71-37(3)60(76)72-42-19-15-38(16-20-42)40-25-43-31-69-53-29-57(55(81-4)27-50(53)62(78)74(43)33-40)83-23-10-24-84-58-30-54-51(28-56(58)82-5)63(79)75-34-41(26-44(75)32-70-54)39-17-21-45(22-18-39)86-65(66,67)68/h6-9,11-22,27-34,36-37,43-44,52,59H,10,23-26,35H2,1-5H3,(H,71,77)(H,72,76)(H,73,80)/t37-,43-,44-,59-/m0/s1. The molecule has 3 N–H and O–H groups in total. The van der Waals surface area contributed by atoms with Crippen LogP contribution in [0.25, 0.3) is 22.3 Å². The van der Waals surface area contributed by atoms with Gasteiger partial charge in [-0.05, 0) is 93.8 Å². The van der Waals surface area contributed by atoms with Gasteiger partial charge in [0.25, 0.3) is 11.8 Å². The molecule has 18 nitrogen and oxygen atoms in total. The summed E-state index contributed by atoms with van der Waals surface area (Å²) >= 11 is 0. The summed E-state index contributed by atoms with van der Waals surface area (Å²) in [6.07, 6.45) is 2.60. The van der Waals surface area contributed by atoms with Crippen molar-refractivity contribution >= 4 is 70.4 Å². The fraction of sp³-hybridized carbons (Fsp3) is 0.277. The summed E-state index contributed by atoms with van der Waals surface area (Å²) in [5.41, 5.74) is 9.33. The van der Waals surface area contributed by atoms with Crippen molar-refractivity contribution in [2.24, 2.45) is 15.9 Å². The predicted octanol–water partition coefficient (Wildman–Crippen LogP) is 11.4. The van der Waals surface area contributed by atoms with Gasteiger partial charge < -0.3 is 54.2 Å². The van der Waals surface area contributed by atoms with Crippen LogP contribution in [-0.4, -0.2) is 117 Å². The third-order valence-electron chi connectivity index (χ3n) is 15.5. The number of alkyl halides is 3. The number of hydrogen-bond donors (Lipinski definition) is 3. The second kappa shape index (κ2) is 24.4. The van der Waals surface area contributed by atoms with Gasteiger partial charge in [-0.25, -0.2) is 4.79 Å². The number of alkyl carbamates (subject to hydrolysis) is 1. The number of halogens is 3. The van der Waals surface area contributed by atoms with Crippen molar-refractivity contribution in [3.05, 3.63) is 167 Å². The third-order valence-corrected chi connectivity index (χ3v) is 15.5. The van der Waals surface area contributed by atoms with E-state index >= 15 is 0 Å². The Bertz CT molecular complexity index is 3720. The van der Waals surface area contributed by atoms with E-state index < -0.39 is 42.4 Å². The summed E-state index contributed by atoms with van der Waals surface area (Å²) in [4.78, 5) is 80.5. The van der Waals surface area contributed by atoms with Crippen LogP contribution in [0.2, 0.25) is 0 Å². The molecule has 0 spiro atoms. The maximum Gasteiger partial charge on any atom is 0.573 e. The van der Waals surface area contributed by atoms with E-state index in [1.807, 2.05) is 48.5 Å². The number of methoxy groups -OCH3 is 2. The van der Waals surface area contributed by atoms with Crippen LogP contribution >= 0.6 is 0 Å². The lowest BCUT2D eigenvalue weighted by atomic mass is 9.98. The van der Waals surface area contributed by atoms with Gasteiger partial charge in [-0.2, -0.15) is 0 Å². The summed E-state index contributed by atoms with van der Waals surface area (Å²) < 4.78 is 71.4. The van der Waals surface area contributed by atoms with Crippen LogP contribution < -0.4 is 39.6 Å². The van der Waals surface area contributed by atoms with Gasteiger partial charge in [0.1, 0.15) is 24.4 Å². The van der Waals surface area contributed by atoms with E-state index in [1.54, 1.807) is 91.8 Å². The lowest BCUT2D eigenvalue weighted by molar-refractivity contribution is -0.274. The number of benzene rings is 6. The molecule has 4 atom stereocenters. The van der Waals surface area contributed by atoms with Crippen LogP contribution in [0.5, 0.6) is 28.7 Å². The van der Waals surface area contributed by atoms with Crippen molar-refractivity contribution in [3.8, 4) is 39.9 Å². The molecule has 442 valence electrons. The van der Waals surface area contributed by atoms with Crippen LogP contribution in [0.1, 0.15) is 88.9 Å². The SMILES string of the molecule is COc1cc2c(cc1OCCCOc1cc3c(cc1OC)C(=O)N1C=C(c4ccc(OC(F)(F)F)cc4)C[C@H]1C=N3)N=C[C@@H]1CC(c3ccc(NC(=O)[C@H](C)NC(=O)[C@@H](NC(=O)OCC4c5ccccc5-c5ccccc54)C(C)C)cc3)=CN1C2=O. The number of carbonyl (C=O) groups excluding carboxylic acids is 5. The average molecular weight is 1170 g/mol.